The van der Waals surface area contributed by atoms with E-state index in [9.17, 15) is 4.39 Å². The standard InChI is InChI=1S/C11H10FN3O/c12-10-3-1-9(2-4-10)11(8-16-11)7-15-6-5-13-14-15/h1-6H,7-8H2. The van der Waals surface area contributed by atoms with Gasteiger partial charge in [-0.25, -0.2) is 9.07 Å². The SMILES string of the molecule is Fc1ccc(C2(Cn3ccnn3)CO2)cc1. The number of nitrogens with zero attached hydrogens (tertiary/aromatic N) is 3. The van der Waals surface area contributed by atoms with E-state index in [0.29, 0.717) is 13.2 Å². The maximum absolute atomic E-state index is 12.8. The van der Waals surface area contributed by atoms with Crippen LogP contribution >= 0.6 is 0 Å². The van der Waals surface area contributed by atoms with E-state index < -0.39 is 0 Å². The molecule has 5 heteroatoms. The normalized spacial score (nSPS) is 23.3. The van der Waals surface area contributed by atoms with Gasteiger partial charge in [-0.15, -0.1) is 5.10 Å². The Morgan fingerprint density at radius 1 is 1.38 bits per heavy atom. The number of rotatable bonds is 3. The molecule has 3 rings (SSSR count). The Kier molecular flexibility index (Phi) is 2.00. The average Bonchev–Trinajstić information content (AvgIpc) is 2.88. The molecule has 1 aromatic carbocycles. The van der Waals surface area contributed by atoms with Gasteiger partial charge in [0.2, 0.25) is 0 Å². The molecule has 1 aliphatic rings. The molecule has 2 aromatic rings. The second kappa shape index (κ2) is 3.38. The monoisotopic (exact) mass is 219 g/mol. The molecule has 0 bridgehead atoms. The molecule has 0 saturated carbocycles. The summed E-state index contributed by atoms with van der Waals surface area (Å²) in [5.41, 5.74) is 0.630. The van der Waals surface area contributed by atoms with Crippen molar-refractivity contribution in [1.29, 1.82) is 0 Å². The van der Waals surface area contributed by atoms with Gasteiger partial charge < -0.3 is 4.74 Å². The highest BCUT2D eigenvalue weighted by Crippen LogP contribution is 2.40. The Morgan fingerprint density at radius 3 is 2.69 bits per heavy atom. The zero-order valence-electron chi connectivity index (χ0n) is 8.51. The maximum atomic E-state index is 12.8. The van der Waals surface area contributed by atoms with Crippen molar-refractivity contribution >= 4 is 0 Å². The van der Waals surface area contributed by atoms with Gasteiger partial charge in [0.25, 0.3) is 0 Å². The predicted octanol–water partition coefficient (Wildman–Crippen LogP) is 1.34. The van der Waals surface area contributed by atoms with Crippen LogP contribution in [0, 0.1) is 5.82 Å². The second-order valence-corrected chi connectivity index (χ2v) is 3.89. The lowest BCUT2D eigenvalue weighted by molar-refractivity contribution is 0.267. The van der Waals surface area contributed by atoms with Gasteiger partial charge in [0.1, 0.15) is 11.4 Å². The lowest BCUT2D eigenvalue weighted by Crippen LogP contribution is -2.18. The first-order valence-electron chi connectivity index (χ1n) is 5.03. The molecule has 0 radical (unpaired) electrons. The van der Waals surface area contributed by atoms with Crippen molar-refractivity contribution in [2.75, 3.05) is 6.61 Å². The number of epoxide rings is 1. The molecule has 82 valence electrons. The summed E-state index contributed by atoms with van der Waals surface area (Å²) in [4.78, 5) is 0. The lowest BCUT2D eigenvalue weighted by atomic mass is 10.0. The van der Waals surface area contributed by atoms with Gasteiger partial charge in [-0.05, 0) is 17.7 Å². The topological polar surface area (TPSA) is 43.2 Å². The average molecular weight is 219 g/mol. The maximum Gasteiger partial charge on any atom is 0.136 e. The minimum absolute atomic E-state index is 0.236. The summed E-state index contributed by atoms with van der Waals surface area (Å²) in [6, 6.07) is 6.39. The highest BCUT2D eigenvalue weighted by Gasteiger charge is 2.47. The molecule has 0 spiro atoms. The molecule has 2 heterocycles. The third-order valence-corrected chi connectivity index (χ3v) is 2.75. The first kappa shape index (κ1) is 9.47. The third-order valence-electron chi connectivity index (χ3n) is 2.75. The number of hydrogen-bond acceptors (Lipinski definition) is 3. The highest BCUT2D eigenvalue weighted by atomic mass is 19.1. The van der Waals surface area contributed by atoms with Gasteiger partial charge >= 0.3 is 0 Å². The van der Waals surface area contributed by atoms with Crippen molar-refractivity contribution in [2.24, 2.45) is 0 Å². The van der Waals surface area contributed by atoms with Gasteiger partial charge in [0.05, 0.1) is 19.3 Å². The van der Waals surface area contributed by atoms with E-state index in [0.717, 1.165) is 5.56 Å². The molecule has 1 saturated heterocycles. The van der Waals surface area contributed by atoms with Crippen LogP contribution in [0.25, 0.3) is 0 Å². The van der Waals surface area contributed by atoms with E-state index in [-0.39, 0.29) is 11.4 Å². The molecular weight excluding hydrogens is 209 g/mol. The van der Waals surface area contributed by atoms with E-state index in [1.165, 1.54) is 12.1 Å². The zero-order chi connectivity index (χ0) is 11.0. The van der Waals surface area contributed by atoms with Crippen LogP contribution in [0.4, 0.5) is 4.39 Å². The first-order chi connectivity index (χ1) is 7.78. The van der Waals surface area contributed by atoms with Crippen molar-refractivity contribution in [1.82, 2.24) is 15.0 Å². The summed E-state index contributed by atoms with van der Waals surface area (Å²) in [5, 5.41) is 7.64. The molecule has 1 aliphatic heterocycles. The minimum Gasteiger partial charge on any atom is -0.362 e. The zero-order valence-corrected chi connectivity index (χ0v) is 8.51. The number of aromatic nitrogens is 3. The molecule has 0 aliphatic carbocycles. The molecule has 1 fully saturated rings. The minimum atomic E-state index is -0.346. The van der Waals surface area contributed by atoms with Crippen LogP contribution in [0.15, 0.2) is 36.7 Å². The van der Waals surface area contributed by atoms with Gasteiger partial charge in [-0.1, -0.05) is 17.3 Å². The molecule has 4 nitrogen and oxygen atoms in total. The molecule has 1 unspecified atom stereocenters. The third kappa shape index (κ3) is 1.59. The summed E-state index contributed by atoms with van der Waals surface area (Å²) in [6.07, 6.45) is 3.41. The number of halogens is 1. The van der Waals surface area contributed by atoms with Crippen molar-refractivity contribution in [3.63, 3.8) is 0 Å². The summed E-state index contributed by atoms with van der Waals surface area (Å²) in [6.45, 7) is 1.25. The van der Waals surface area contributed by atoms with Gasteiger partial charge in [-0.3, -0.25) is 0 Å². The highest BCUT2D eigenvalue weighted by molar-refractivity contribution is 5.27. The molecule has 0 N–H and O–H groups in total. The molecule has 1 aromatic heterocycles. The molecule has 0 amide bonds. The van der Waals surface area contributed by atoms with Crippen molar-refractivity contribution in [3.05, 3.63) is 48.0 Å². The van der Waals surface area contributed by atoms with Crippen LogP contribution in [0.3, 0.4) is 0 Å². The lowest BCUT2D eigenvalue weighted by Gasteiger charge is -2.11. The largest absolute Gasteiger partial charge is 0.362 e. The number of hydrogen-bond donors (Lipinski definition) is 0. The smallest absolute Gasteiger partial charge is 0.136 e. The van der Waals surface area contributed by atoms with Crippen molar-refractivity contribution in [2.45, 2.75) is 12.1 Å². The van der Waals surface area contributed by atoms with E-state index in [1.54, 1.807) is 29.2 Å². The van der Waals surface area contributed by atoms with E-state index in [2.05, 4.69) is 10.3 Å². The van der Waals surface area contributed by atoms with Crippen LogP contribution in [0.2, 0.25) is 0 Å². The van der Waals surface area contributed by atoms with E-state index >= 15 is 0 Å². The van der Waals surface area contributed by atoms with E-state index in [4.69, 9.17) is 4.74 Å². The van der Waals surface area contributed by atoms with Crippen LogP contribution in [-0.4, -0.2) is 21.6 Å². The van der Waals surface area contributed by atoms with Gasteiger partial charge in [0, 0.05) is 6.20 Å². The summed E-state index contributed by atoms with van der Waals surface area (Å²) >= 11 is 0. The van der Waals surface area contributed by atoms with Crippen LogP contribution in [0.5, 0.6) is 0 Å². The fourth-order valence-corrected chi connectivity index (χ4v) is 1.77. The molecule has 1 atom stereocenters. The van der Waals surface area contributed by atoms with Crippen molar-refractivity contribution < 1.29 is 9.13 Å². The van der Waals surface area contributed by atoms with E-state index in [1.807, 2.05) is 0 Å². The number of benzene rings is 1. The number of ether oxygens (including phenoxy) is 1. The van der Waals surface area contributed by atoms with Gasteiger partial charge in [0.15, 0.2) is 0 Å². The fourth-order valence-electron chi connectivity index (χ4n) is 1.77. The Morgan fingerprint density at radius 2 is 2.12 bits per heavy atom. The van der Waals surface area contributed by atoms with Crippen LogP contribution < -0.4 is 0 Å². The Bertz CT molecular complexity index is 476. The Labute approximate surface area is 91.7 Å². The summed E-state index contributed by atoms with van der Waals surface area (Å²) in [7, 11) is 0. The van der Waals surface area contributed by atoms with Gasteiger partial charge in [-0.2, -0.15) is 0 Å². The first-order valence-corrected chi connectivity index (χ1v) is 5.03. The van der Waals surface area contributed by atoms with Crippen LogP contribution in [-0.2, 0) is 16.9 Å². The second-order valence-electron chi connectivity index (χ2n) is 3.89. The Hall–Kier alpha value is -1.75. The quantitative estimate of drug-likeness (QED) is 0.732. The van der Waals surface area contributed by atoms with Crippen molar-refractivity contribution in [3.8, 4) is 0 Å². The molecule has 16 heavy (non-hydrogen) atoms. The molecular formula is C11H10FN3O. The Balaban J connectivity index is 1.86. The predicted molar refractivity (Wildman–Crippen MR) is 54.1 cm³/mol. The van der Waals surface area contributed by atoms with Crippen LogP contribution in [0.1, 0.15) is 5.56 Å². The fraction of sp³-hybridized carbons (Fsp3) is 0.273. The summed E-state index contributed by atoms with van der Waals surface area (Å²) in [5.74, 6) is -0.236. The summed E-state index contributed by atoms with van der Waals surface area (Å²) < 4.78 is 20.0.